The summed E-state index contributed by atoms with van der Waals surface area (Å²) in [5, 5.41) is 2.70. The summed E-state index contributed by atoms with van der Waals surface area (Å²) in [4.78, 5) is 40.8. The molecule has 0 fully saturated rings. The quantitative estimate of drug-likeness (QED) is 0.576. The number of amides is 3. The molecule has 148 valence electrons. The third-order valence-corrected chi connectivity index (χ3v) is 4.43. The molecule has 1 atom stereocenters. The lowest BCUT2D eigenvalue weighted by Gasteiger charge is -2.18. The van der Waals surface area contributed by atoms with Gasteiger partial charge in [-0.15, -0.1) is 0 Å². The number of pyridine rings is 1. The van der Waals surface area contributed by atoms with Crippen LogP contribution < -0.4 is 20.9 Å². The molecule has 9 heteroatoms. The molecule has 0 spiro atoms. The minimum Gasteiger partial charge on any atom is -0.497 e. The number of ether oxygens (including phenoxy) is 1. The monoisotopic (exact) mass is 402 g/mol. The number of rotatable bonds is 8. The van der Waals surface area contributed by atoms with E-state index in [1.165, 1.54) is 19.4 Å². The van der Waals surface area contributed by atoms with Gasteiger partial charge in [-0.25, -0.2) is 0 Å². The van der Waals surface area contributed by atoms with Crippen LogP contribution >= 0.6 is 11.8 Å². The Morgan fingerprint density at radius 2 is 1.82 bits per heavy atom. The highest BCUT2D eigenvalue weighted by atomic mass is 32.2. The van der Waals surface area contributed by atoms with Gasteiger partial charge in [0.15, 0.2) is 0 Å². The molecular weight excluding hydrogens is 380 g/mol. The lowest BCUT2D eigenvalue weighted by Crippen LogP contribution is -2.52. The van der Waals surface area contributed by atoms with Crippen molar-refractivity contribution >= 4 is 29.5 Å². The fourth-order valence-corrected chi connectivity index (χ4v) is 2.73. The molecule has 3 amide bonds. The first-order valence-electron chi connectivity index (χ1n) is 8.50. The number of nitrogens with one attached hydrogen (secondary N) is 3. The Morgan fingerprint density at radius 3 is 2.43 bits per heavy atom. The molecule has 0 bridgehead atoms. The van der Waals surface area contributed by atoms with Crippen molar-refractivity contribution in [2.75, 3.05) is 19.1 Å². The Labute approximate surface area is 167 Å². The Bertz CT molecular complexity index is 799. The highest BCUT2D eigenvalue weighted by Gasteiger charge is 2.22. The topological polar surface area (TPSA) is 109 Å². The molecule has 8 nitrogen and oxygen atoms in total. The molecule has 0 aliphatic rings. The van der Waals surface area contributed by atoms with Crippen molar-refractivity contribution < 1.29 is 19.1 Å². The second-order valence-electron chi connectivity index (χ2n) is 5.69. The lowest BCUT2D eigenvalue weighted by atomic mass is 10.1. The van der Waals surface area contributed by atoms with E-state index >= 15 is 0 Å². The van der Waals surface area contributed by atoms with Crippen LogP contribution in [0.3, 0.4) is 0 Å². The van der Waals surface area contributed by atoms with Gasteiger partial charge in [-0.2, -0.15) is 11.8 Å². The van der Waals surface area contributed by atoms with Crippen molar-refractivity contribution in [2.24, 2.45) is 0 Å². The number of carbonyl (C=O) groups is 3. The predicted molar refractivity (Wildman–Crippen MR) is 107 cm³/mol. The predicted octanol–water partition coefficient (Wildman–Crippen LogP) is 1.40. The van der Waals surface area contributed by atoms with Gasteiger partial charge in [0.1, 0.15) is 17.5 Å². The molecule has 2 aromatic rings. The summed E-state index contributed by atoms with van der Waals surface area (Å²) in [5.74, 6) is -0.153. The maximum Gasteiger partial charge on any atom is 0.288 e. The molecule has 1 heterocycles. The van der Waals surface area contributed by atoms with Crippen LogP contribution in [0.2, 0.25) is 0 Å². The van der Waals surface area contributed by atoms with Crippen LogP contribution in [0.1, 0.15) is 27.3 Å². The Balaban J connectivity index is 1.97. The van der Waals surface area contributed by atoms with Crippen LogP contribution in [0.25, 0.3) is 0 Å². The van der Waals surface area contributed by atoms with E-state index in [9.17, 15) is 14.4 Å². The number of benzene rings is 1. The second kappa shape index (κ2) is 10.9. The van der Waals surface area contributed by atoms with Gasteiger partial charge in [-0.1, -0.05) is 6.07 Å². The van der Waals surface area contributed by atoms with E-state index in [0.29, 0.717) is 23.5 Å². The largest absolute Gasteiger partial charge is 0.497 e. The fraction of sp³-hybridized carbons (Fsp3) is 0.263. The average molecular weight is 402 g/mol. The Kier molecular flexibility index (Phi) is 8.29. The Hall–Kier alpha value is -3.07. The van der Waals surface area contributed by atoms with E-state index < -0.39 is 17.9 Å². The zero-order chi connectivity index (χ0) is 20.4. The molecule has 0 aliphatic carbocycles. The second-order valence-corrected chi connectivity index (χ2v) is 6.68. The van der Waals surface area contributed by atoms with Gasteiger partial charge < -0.3 is 10.1 Å². The molecule has 0 radical (unpaired) electrons. The van der Waals surface area contributed by atoms with Crippen LogP contribution in [-0.2, 0) is 4.79 Å². The van der Waals surface area contributed by atoms with Gasteiger partial charge in [0, 0.05) is 11.8 Å². The third kappa shape index (κ3) is 6.27. The molecular formula is C19H22N4O4S. The van der Waals surface area contributed by atoms with Crippen molar-refractivity contribution in [3.05, 3.63) is 59.9 Å². The molecule has 1 aromatic heterocycles. The summed E-state index contributed by atoms with van der Waals surface area (Å²) in [6.07, 6.45) is 3.80. The normalized spacial score (nSPS) is 11.2. The summed E-state index contributed by atoms with van der Waals surface area (Å²) in [6, 6.07) is 10.6. The van der Waals surface area contributed by atoms with Crippen molar-refractivity contribution in [1.29, 1.82) is 0 Å². The van der Waals surface area contributed by atoms with Gasteiger partial charge in [0.25, 0.3) is 17.7 Å². The zero-order valence-electron chi connectivity index (χ0n) is 15.6. The number of methoxy groups -OCH3 is 1. The summed E-state index contributed by atoms with van der Waals surface area (Å²) in [6.45, 7) is 0. The molecule has 0 saturated carbocycles. The van der Waals surface area contributed by atoms with E-state index in [4.69, 9.17) is 4.74 Å². The van der Waals surface area contributed by atoms with E-state index in [-0.39, 0.29) is 11.6 Å². The van der Waals surface area contributed by atoms with E-state index in [0.717, 1.165) is 0 Å². The molecule has 2 rings (SSSR count). The van der Waals surface area contributed by atoms with Crippen molar-refractivity contribution in [3.63, 3.8) is 0 Å². The maximum atomic E-state index is 12.5. The minimum absolute atomic E-state index is 0.172. The number of aromatic nitrogens is 1. The lowest BCUT2D eigenvalue weighted by molar-refractivity contribution is -0.123. The summed E-state index contributed by atoms with van der Waals surface area (Å²) < 4.78 is 5.07. The number of hydrazine groups is 1. The zero-order valence-corrected chi connectivity index (χ0v) is 16.4. The number of carbonyl (C=O) groups excluding carboxylic acids is 3. The van der Waals surface area contributed by atoms with Crippen molar-refractivity contribution in [3.8, 4) is 5.75 Å². The molecule has 0 aliphatic heterocycles. The fourth-order valence-electron chi connectivity index (χ4n) is 2.26. The SMILES string of the molecule is COc1ccc(C(=O)N[C@H](CCSC)C(=O)NNC(=O)c2ccccn2)cc1. The maximum absolute atomic E-state index is 12.5. The van der Waals surface area contributed by atoms with E-state index in [1.807, 2.05) is 6.26 Å². The first-order valence-corrected chi connectivity index (χ1v) is 9.89. The minimum atomic E-state index is -0.800. The highest BCUT2D eigenvalue weighted by molar-refractivity contribution is 7.98. The smallest absolute Gasteiger partial charge is 0.288 e. The van der Waals surface area contributed by atoms with E-state index in [2.05, 4.69) is 21.2 Å². The highest BCUT2D eigenvalue weighted by Crippen LogP contribution is 2.11. The van der Waals surface area contributed by atoms with Crippen LogP contribution in [0.5, 0.6) is 5.75 Å². The Morgan fingerprint density at radius 1 is 1.07 bits per heavy atom. The number of hydrogen-bond donors (Lipinski definition) is 3. The first-order chi connectivity index (χ1) is 13.5. The summed E-state index contributed by atoms with van der Waals surface area (Å²) in [5.41, 5.74) is 5.23. The first kappa shape index (κ1) is 21.2. The van der Waals surface area contributed by atoms with E-state index in [1.54, 1.807) is 48.2 Å². The molecule has 3 N–H and O–H groups in total. The molecule has 1 aromatic carbocycles. The summed E-state index contributed by atoms with van der Waals surface area (Å²) in [7, 11) is 1.54. The van der Waals surface area contributed by atoms with Crippen LogP contribution in [-0.4, -0.2) is 47.9 Å². The average Bonchev–Trinajstić information content (AvgIpc) is 2.75. The number of nitrogens with zero attached hydrogens (tertiary/aromatic N) is 1. The van der Waals surface area contributed by atoms with Gasteiger partial charge in [0.05, 0.1) is 7.11 Å². The standard InChI is InChI=1S/C19H22N4O4S/c1-27-14-8-6-13(7-9-14)17(24)21-16(10-12-28-2)19(26)23-22-18(25)15-5-3-4-11-20-15/h3-9,11,16H,10,12H2,1-2H3,(H,21,24)(H,22,25)(H,23,26)/t16-/m1/s1. The van der Waals surface area contributed by atoms with Gasteiger partial charge >= 0.3 is 0 Å². The van der Waals surface area contributed by atoms with Gasteiger partial charge in [-0.05, 0) is 54.8 Å². The summed E-state index contributed by atoms with van der Waals surface area (Å²) >= 11 is 1.55. The van der Waals surface area contributed by atoms with Crippen molar-refractivity contribution in [1.82, 2.24) is 21.2 Å². The third-order valence-electron chi connectivity index (χ3n) is 3.78. The van der Waals surface area contributed by atoms with Gasteiger partial charge in [-0.3, -0.25) is 30.2 Å². The number of thioether (sulfide) groups is 1. The molecule has 0 unspecified atom stereocenters. The molecule has 28 heavy (non-hydrogen) atoms. The van der Waals surface area contributed by atoms with Crippen LogP contribution in [0.15, 0.2) is 48.7 Å². The van der Waals surface area contributed by atoms with Crippen LogP contribution in [0.4, 0.5) is 0 Å². The van der Waals surface area contributed by atoms with Crippen molar-refractivity contribution in [2.45, 2.75) is 12.5 Å². The molecule has 0 saturated heterocycles. The van der Waals surface area contributed by atoms with Gasteiger partial charge in [0.2, 0.25) is 0 Å². The van der Waals surface area contributed by atoms with Crippen LogP contribution in [0, 0.1) is 0 Å². The number of hydrogen-bond acceptors (Lipinski definition) is 6.